The van der Waals surface area contributed by atoms with Crippen molar-refractivity contribution < 1.29 is 66.5 Å². The molecule has 0 saturated heterocycles. The van der Waals surface area contributed by atoms with Crippen LogP contribution in [0.15, 0.2) is 0 Å². The Labute approximate surface area is 313 Å². The SMILES string of the molecule is CCCCOCCOC(=O)CC(C)C(=O)OCCOCCCC.CCCCOCCOCCOC(=O)CC(C)C(=O)OCCOCCOCCCC. The quantitative estimate of drug-likeness (QED) is 0.0448. The molecule has 0 amide bonds. The molecule has 0 spiro atoms. The van der Waals surface area contributed by atoms with E-state index in [1.807, 2.05) is 0 Å². The van der Waals surface area contributed by atoms with E-state index in [4.69, 9.17) is 47.4 Å². The number of esters is 4. The minimum atomic E-state index is -0.562. The molecule has 0 saturated carbocycles. The third-order valence-corrected chi connectivity index (χ3v) is 6.99. The lowest BCUT2D eigenvalue weighted by molar-refractivity contribution is -0.156. The predicted molar refractivity (Wildman–Crippen MR) is 196 cm³/mol. The lowest BCUT2D eigenvalue weighted by atomic mass is 10.1. The summed E-state index contributed by atoms with van der Waals surface area (Å²) in [5, 5.41) is 0. The van der Waals surface area contributed by atoms with Crippen LogP contribution in [0.3, 0.4) is 0 Å². The Morgan fingerprint density at radius 2 is 0.577 bits per heavy atom. The fraction of sp³-hybridized carbons (Fsp3) is 0.895. The molecule has 0 bridgehead atoms. The summed E-state index contributed by atoms with van der Waals surface area (Å²) < 4.78 is 52.2. The van der Waals surface area contributed by atoms with Crippen molar-refractivity contribution in [3.63, 3.8) is 0 Å². The van der Waals surface area contributed by atoms with E-state index in [1.165, 1.54) is 0 Å². The summed E-state index contributed by atoms with van der Waals surface area (Å²) in [6.45, 7) is 18.6. The first kappa shape index (κ1) is 51.7. The van der Waals surface area contributed by atoms with Gasteiger partial charge in [0.2, 0.25) is 0 Å². The third-order valence-electron chi connectivity index (χ3n) is 6.99. The normalized spacial score (nSPS) is 12.0. The second kappa shape index (κ2) is 41.4. The van der Waals surface area contributed by atoms with Crippen molar-refractivity contribution in [2.75, 3.05) is 106 Å². The van der Waals surface area contributed by atoms with E-state index in [-0.39, 0.29) is 39.3 Å². The van der Waals surface area contributed by atoms with E-state index >= 15 is 0 Å². The van der Waals surface area contributed by atoms with Gasteiger partial charge in [-0.15, -0.1) is 0 Å². The summed E-state index contributed by atoms with van der Waals surface area (Å²) in [5.74, 6) is -2.78. The molecular weight excluding hydrogens is 680 g/mol. The smallest absolute Gasteiger partial charge is 0.309 e. The minimum absolute atomic E-state index is 0.0183. The molecule has 2 unspecified atom stereocenters. The van der Waals surface area contributed by atoms with Gasteiger partial charge in [-0.3, -0.25) is 19.2 Å². The van der Waals surface area contributed by atoms with Crippen LogP contribution in [0, 0.1) is 11.8 Å². The predicted octanol–water partition coefficient (Wildman–Crippen LogP) is 5.50. The van der Waals surface area contributed by atoms with Crippen LogP contribution in [0.1, 0.15) is 106 Å². The van der Waals surface area contributed by atoms with Crippen LogP contribution in [0.25, 0.3) is 0 Å². The average molecular weight is 753 g/mol. The highest BCUT2D eigenvalue weighted by Crippen LogP contribution is 2.07. The number of hydrogen-bond donors (Lipinski definition) is 0. The van der Waals surface area contributed by atoms with Crippen molar-refractivity contribution in [2.45, 2.75) is 106 Å². The van der Waals surface area contributed by atoms with E-state index in [1.54, 1.807) is 13.8 Å². The molecule has 0 aliphatic rings. The number of unbranched alkanes of at least 4 members (excludes halogenated alkanes) is 4. The molecule has 0 aromatic heterocycles. The molecule has 0 radical (unpaired) electrons. The van der Waals surface area contributed by atoms with Crippen LogP contribution >= 0.6 is 0 Å². The van der Waals surface area contributed by atoms with Gasteiger partial charge in [0.25, 0.3) is 0 Å². The first-order chi connectivity index (χ1) is 25.2. The molecular formula is C38H72O14. The molecule has 0 aliphatic heterocycles. The molecule has 0 N–H and O–H groups in total. The number of carbonyl (C=O) groups excluding carboxylic acids is 4. The number of carbonyl (C=O) groups is 4. The van der Waals surface area contributed by atoms with Crippen molar-refractivity contribution in [3.8, 4) is 0 Å². The van der Waals surface area contributed by atoms with E-state index in [0.29, 0.717) is 66.1 Å². The molecule has 308 valence electrons. The second-order valence-corrected chi connectivity index (χ2v) is 12.1. The zero-order valence-electron chi connectivity index (χ0n) is 33.3. The van der Waals surface area contributed by atoms with Crippen LogP contribution in [0.5, 0.6) is 0 Å². The third kappa shape index (κ3) is 38.9. The highest BCUT2D eigenvalue weighted by atomic mass is 16.6. The van der Waals surface area contributed by atoms with Gasteiger partial charge in [0, 0.05) is 26.4 Å². The largest absolute Gasteiger partial charge is 0.463 e. The van der Waals surface area contributed by atoms with Crippen LogP contribution in [0.2, 0.25) is 0 Å². The van der Waals surface area contributed by atoms with Gasteiger partial charge in [-0.1, -0.05) is 67.2 Å². The Bertz CT molecular complexity index is 826. The van der Waals surface area contributed by atoms with E-state index < -0.39 is 35.7 Å². The maximum Gasteiger partial charge on any atom is 0.309 e. The van der Waals surface area contributed by atoms with Gasteiger partial charge in [0.15, 0.2) is 0 Å². The van der Waals surface area contributed by atoms with Gasteiger partial charge < -0.3 is 47.4 Å². The highest BCUT2D eigenvalue weighted by molar-refractivity contribution is 5.80. The van der Waals surface area contributed by atoms with Crippen molar-refractivity contribution in [1.29, 1.82) is 0 Å². The Balaban J connectivity index is 0. The summed E-state index contributed by atoms with van der Waals surface area (Å²) in [5.41, 5.74) is 0. The van der Waals surface area contributed by atoms with Crippen molar-refractivity contribution in [1.82, 2.24) is 0 Å². The van der Waals surface area contributed by atoms with Crippen molar-refractivity contribution in [3.05, 3.63) is 0 Å². The summed E-state index contributed by atoms with van der Waals surface area (Å²) in [7, 11) is 0. The fourth-order valence-electron chi connectivity index (χ4n) is 3.73. The summed E-state index contributed by atoms with van der Waals surface area (Å²) in [6, 6.07) is 0. The van der Waals surface area contributed by atoms with Crippen LogP contribution in [-0.4, -0.2) is 130 Å². The zero-order valence-corrected chi connectivity index (χ0v) is 33.3. The first-order valence-corrected chi connectivity index (χ1v) is 19.3. The first-order valence-electron chi connectivity index (χ1n) is 19.3. The maximum atomic E-state index is 11.9. The summed E-state index contributed by atoms with van der Waals surface area (Å²) >= 11 is 0. The Morgan fingerprint density at radius 1 is 0.346 bits per heavy atom. The molecule has 0 aromatic rings. The van der Waals surface area contributed by atoms with E-state index in [0.717, 1.165) is 64.6 Å². The lowest BCUT2D eigenvalue weighted by Crippen LogP contribution is -2.22. The molecule has 0 rings (SSSR count). The van der Waals surface area contributed by atoms with Gasteiger partial charge >= 0.3 is 23.9 Å². The van der Waals surface area contributed by atoms with Gasteiger partial charge in [-0.05, 0) is 25.7 Å². The zero-order chi connectivity index (χ0) is 38.9. The summed E-state index contributed by atoms with van der Waals surface area (Å²) in [4.78, 5) is 46.9. The maximum absolute atomic E-state index is 11.9. The standard InChI is InChI=1S/C21H40O8.C17H32O6/c1-4-6-8-24-10-12-26-14-16-28-20(22)18-19(3)21(23)29-17-15-27-13-11-25-9-7-5-2;1-4-6-8-20-10-12-22-16(18)14-15(3)17(19)23-13-11-21-9-7-5-2/h19H,4-18H2,1-3H3;15H,4-14H2,1-3H3. The van der Waals surface area contributed by atoms with Crippen LogP contribution in [-0.2, 0) is 66.5 Å². The molecule has 0 heterocycles. The van der Waals surface area contributed by atoms with E-state index in [9.17, 15) is 19.2 Å². The van der Waals surface area contributed by atoms with Crippen molar-refractivity contribution in [2.24, 2.45) is 11.8 Å². The summed E-state index contributed by atoms with van der Waals surface area (Å²) in [6.07, 6.45) is 8.42. The van der Waals surface area contributed by atoms with E-state index in [2.05, 4.69) is 27.7 Å². The van der Waals surface area contributed by atoms with Gasteiger partial charge in [0.1, 0.15) is 26.4 Å². The molecule has 52 heavy (non-hydrogen) atoms. The van der Waals surface area contributed by atoms with Gasteiger partial charge in [-0.2, -0.15) is 0 Å². The number of ether oxygens (including phenoxy) is 10. The lowest BCUT2D eigenvalue weighted by Gasteiger charge is -2.12. The highest BCUT2D eigenvalue weighted by Gasteiger charge is 2.20. The molecule has 0 aromatic carbocycles. The van der Waals surface area contributed by atoms with Gasteiger partial charge in [0.05, 0.1) is 77.5 Å². The monoisotopic (exact) mass is 752 g/mol. The average Bonchev–Trinajstić information content (AvgIpc) is 3.13. The van der Waals surface area contributed by atoms with Crippen LogP contribution in [0.4, 0.5) is 0 Å². The minimum Gasteiger partial charge on any atom is -0.463 e. The topological polar surface area (TPSA) is 161 Å². The Hall–Kier alpha value is -2.36. The second-order valence-electron chi connectivity index (χ2n) is 12.1. The molecule has 14 heteroatoms. The molecule has 14 nitrogen and oxygen atoms in total. The fourth-order valence-corrected chi connectivity index (χ4v) is 3.73. The molecule has 2 atom stereocenters. The van der Waals surface area contributed by atoms with Crippen LogP contribution < -0.4 is 0 Å². The van der Waals surface area contributed by atoms with Gasteiger partial charge in [-0.25, -0.2) is 0 Å². The number of hydrogen-bond acceptors (Lipinski definition) is 14. The molecule has 0 fully saturated rings. The Morgan fingerprint density at radius 3 is 0.846 bits per heavy atom. The molecule has 0 aliphatic carbocycles. The number of rotatable bonds is 36. The Kier molecular flexibility index (Phi) is 41.2. The van der Waals surface area contributed by atoms with Crippen molar-refractivity contribution >= 4 is 23.9 Å².